The van der Waals surface area contributed by atoms with E-state index in [4.69, 9.17) is 22.1 Å². The number of ether oxygens (including phenoxy) is 1. The van der Waals surface area contributed by atoms with Crippen molar-refractivity contribution in [2.45, 2.75) is 26.4 Å². The van der Waals surface area contributed by atoms with Gasteiger partial charge in [0.05, 0.1) is 6.61 Å². The molecule has 0 aromatic carbocycles. The lowest BCUT2D eigenvalue weighted by Gasteiger charge is -2.12. The smallest absolute Gasteiger partial charge is 0.343 e. The number of halogens is 1. The van der Waals surface area contributed by atoms with E-state index in [9.17, 15) is 9.59 Å². The predicted octanol–water partition coefficient (Wildman–Crippen LogP) is 1.03. The maximum absolute atomic E-state index is 12.0. The number of esters is 1. The van der Waals surface area contributed by atoms with Crippen LogP contribution in [0.2, 0.25) is 5.15 Å². The summed E-state index contributed by atoms with van der Waals surface area (Å²) in [6, 6.07) is 2.61. The fourth-order valence-electron chi connectivity index (χ4n) is 1.38. The fraction of sp³-hybridized carbons (Fsp3) is 0.455. The molecule has 6 heteroatoms. The van der Waals surface area contributed by atoms with Crippen molar-refractivity contribution in [1.82, 2.24) is 4.57 Å². The molecule has 0 unspecified atom stereocenters. The summed E-state index contributed by atoms with van der Waals surface area (Å²) >= 11 is 5.88. The highest BCUT2D eigenvalue weighted by molar-refractivity contribution is 6.29. The van der Waals surface area contributed by atoms with Gasteiger partial charge in [0.25, 0.3) is 5.56 Å². The molecule has 0 bridgehead atoms. The number of hydrogen-bond donors (Lipinski definition) is 1. The number of hydrogen-bond acceptors (Lipinski definition) is 4. The maximum Gasteiger partial charge on any atom is 0.343 e. The largest absolute Gasteiger partial charge is 0.462 e. The summed E-state index contributed by atoms with van der Waals surface area (Å²) in [5, 5.41) is 0.250. The summed E-state index contributed by atoms with van der Waals surface area (Å²) in [6.45, 7) is 3.90. The molecule has 1 heterocycles. The molecule has 0 saturated heterocycles. The molecule has 2 N–H and O–H groups in total. The second-order valence-corrected chi connectivity index (χ2v) is 4.07. The number of nitrogens with two attached hydrogens (primary N) is 1. The van der Waals surface area contributed by atoms with Crippen molar-refractivity contribution in [3.8, 4) is 0 Å². The highest BCUT2D eigenvalue weighted by Gasteiger charge is 2.15. The van der Waals surface area contributed by atoms with E-state index in [1.54, 1.807) is 13.8 Å². The number of nitrogens with zero attached hydrogens (tertiary/aromatic N) is 1. The minimum atomic E-state index is -0.646. The van der Waals surface area contributed by atoms with Crippen molar-refractivity contribution in [3.63, 3.8) is 0 Å². The lowest BCUT2D eigenvalue weighted by atomic mass is 10.2. The van der Waals surface area contributed by atoms with Crippen LogP contribution in [-0.2, 0) is 11.3 Å². The number of carbonyl (C=O) groups is 1. The van der Waals surface area contributed by atoms with Crippen molar-refractivity contribution in [1.29, 1.82) is 0 Å². The third kappa shape index (κ3) is 3.31. The fourth-order valence-corrected chi connectivity index (χ4v) is 1.59. The van der Waals surface area contributed by atoms with Crippen LogP contribution in [0.4, 0.5) is 0 Å². The van der Waals surface area contributed by atoms with Crippen LogP contribution in [0.25, 0.3) is 0 Å². The first-order chi connectivity index (χ1) is 7.97. The van der Waals surface area contributed by atoms with Gasteiger partial charge >= 0.3 is 5.97 Å². The average Bonchev–Trinajstić information content (AvgIpc) is 2.24. The van der Waals surface area contributed by atoms with E-state index in [1.165, 1.54) is 16.7 Å². The molecule has 0 radical (unpaired) electrons. The van der Waals surface area contributed by atoms with Gasteiger partial charge in [-0.3, -0.25) is 9.36 Å². The SMILES string of the molecule is CCOC(=O)c1ccc(Cl)n(C[C@H](C)N)c1=O. The van der Waals surface area contributed by atoms with Gasteiger partial charge in [0.15, 0.2) is 0 Å². The minimum absolute atomic E-state index is 0.0306. The third-order valence-corrected chi connectivity index (χ3v) is 2.42. The lowest BCUT2D eigenvalue weighted by Crippen LogP contribution is -2.33. The maximum atomic E-state index is 12.0. The molecule has 0 saturated carbocycles. The Bertz CT molecular complexity index is 468. The molecule has 94 valence electrons. The molecule has 1 aromatic heterocycles. The van der Waals surface area contributed by atoms with Crippen LogP contribution < -0.4 is 11.3 Å². The molecule has 1 rings (SSSR count). The Hall–Kier alpha value is -1.33. The topological polar surface area (TPSA) is 74.3 Å². The van der Waals surface area contributed by atoms with E-state index in [0.717, 1.165) is 0 Å². The molecule has 1 atom stereocenters. The van der Waals surface area contributed by atoms with Gasteiger partial charge in [-0.25, -0.2) is 4.79 Å². The van der Waals surface area contributed by atoms with E-state index in [2.05, 4.69) is 0 Å². The quantitative estimate of drug-likeness (QED) is 0.647. The summed E-state index contributed by atoms with van der Waals surface area (Å²) in [4.78, 5) is 23.5. The van der Waals surface area contributed by atoms with E-state index >= 15 is 0 Å². The van der Waals surface area contributed by atoms with Gasteiger partial charge in [-0.15, -0.1) is 0 Å². The Morgan fingerprint density at radius 3 is 2.76 bits per heavy atom. The minimum Gasteiger partial charge on any atom is -0.462 e. The Morgan fingerprint density at radius 2 is 2.24 bits per heavy atom. The van der Waals surface area contributed by atoms with E-state index < -0.39 is 11.5 Å². The van der Waals surface area contributed by atoms with Gasteiger partial charge < -0.3 is 10.5 Å². The Morgan fingerprint density at radius 1 is 1.59 bits per heavy atom. The summed E-state index contributed by atoms with van der Waals surface area (Å²) in [7, 11) is 0. The van der Waals surface area contributed by atoms with Gasteiger partial charge in [0, 0.05) is 12.6 Å². The highest BCUT2D eigenvalue weighted by Crippen LogP contribution is 2.08. The second-order valence-electron chi connectivity index (χ2n) is 3.68. The first kappa shape index (κ1) is 13.7. The zero-order chi connectivity index (χ0) is 13.0. The molecule has 5 nitrogen and oxygen atoms in total. The van der Waals surface area contributed by atoms with Crippen LogP contribution in [0.15, 0.2) is 16.9 Å². The van der Waals surface area contributed by atoms with Gasteiger partial charge in [0.2, 0.25) is 0 Å². The van der Waals surface area contributed by atoms with E-state index in [-0.39, 0.29) is 29.9 Å². The first-order valence-electron chi connectivity index (χ1n) is 5.29. The Balaban J connectivity index is 3.19. The monoisotopic (exact) mass is 258 g/mol. The Labute approximate surface area is 104 Å². The number of aromatic nitrogens is 1. The zero-order valence-corrected chi connectivity index (χ0v) is 10.5. The van der Waals surface area contributed by atoms with Crippen LogP contribution in [-0.4, -0.2) is 23.2 Å². The van der Waals surface area contributed by atoms with E-state index in [0.29, 0.717) is 0 Å². The van der Waals surface area contributed by atoms with Crippen molar-refractivity contribution >= 4 is 17.6 Å². The third-order valence-electron chi connectivity index (χ3n) is 2.09. The molecule has 0 aliphatic carbocycles. The molecule has 0 fully saturated rings. The van der Waals surface area contributed by atoms with Crippen LogP contribution in [0.3, 0.4) is 0 Å². The van der Waals surface area contributed by atoms with Gasteiger partial charge in [0.1, 0.15) is 10.7 Å². The van der Waals surface area contributed by atoms with Crippen molar-refractivity contribution in [3.05, 3.63) is 33.2 Å². The number of rotatable bonds is 4. The highest BCUT2D eigenvalue weighted by atomic mass is 35.5. The van der Waals surface area contributed by atoms with Crippen LogP contribution >= 0.6 is 11.6 Å². The van der Waals surface area contributed by atoms with Gasteiger partial charge in [-0.1, -0.05) is 11.6 Å². The second kappa shape index (κ2) is 5.84. The van der Waals surface area contributed by atoms with Crippen LogP contribution in [0.1, 0.15) is 24.2 Å². The lowest BCUT2D eigenvalue weighted by molar-refractivity contribution is 0.0523. The van der Waals surface area contributed by atoms with Crippen molar-refractivity contribution in [2.75, 3.05) is 6.61 Å². The Kier molecular flexibility index (Phi) is 4.72. The molecule has 0 aliphatic heterocycles. The summed E-state index contributed by atoms with van der Waals surface area (Å²) in [5.41, 5.74) is 5.10. The molecule has 0 aliphatic rings. The molecule has 17 heavy (non-hydrogen) atoms. The van der Waals surface area contributed by atoms with Gasteiger partial charge in [-0.05, 0) is 26.0 Å². The zero-order valence-electron chi connectivity index (χ0n) is 9.77. The number of pyridine rings is 1. The van der Waals surface area contributed by atoms with Crippen LogP contribution in [0, 0.1) is 0 Å². The standard InChI is InChI=1S/C11H15ClN2O3/c1-3-17-11(16)8-4-5-9(12)14(10(8)15)6-7(2)13/h4-5,7H,3,6,13H2,1-2H3/t7-/m0/s1. The number of carbonyl (C=O) groups excluding carboxylic acids is 1. The average molecular weight is 259 g/mol. The summed E-state index contributed by atoms with van der Waals surface area (Å²) in [6.07, 6.45) is 0. The van der Waals surface area contributed by atoms with Crippen molar-refractivity contribution < 1.29 is 9.53 Å². The molecule has 0 spiro atoms. The first-order valence-corrected chi connectivity index (χ1v) is 5.67. The molecular weight excluding hydrogens is 244 g/mol. The van der Waals surface area contributed by atoms with Gasteiger partial charge in [-0.2, -0.15) is 0 Å². The molecule has 1 aromatic rings. The molecular formula is C11H15ClN2O3. The predicted molar refractivity (Wildman–Crippen MR) is 65.3 cm³/mol. The summed E-state index contributed by atoms with van der Waals surface area (Å²) in [5.74, 6) is -0.646. The molecule has 0 amide bonds. The summed E-state index contributed by atoms with van der Waals surface area (Å²) < 4.78 is 6.04. The van der Waals surface area contributed by atoms with Crippen LogP contribution in [0.5, 0.6) is 0 Å². The van der Waals surface area contributed by atoms with E-state index in [1.807, 2.05) is 0 Å². The normalized spacial score (nSPS) is 12.2. The van der Waals surface area contributed by atoms with Crippen molar-refractivity contribution in [2.24, 2.45) is 5.73 Å².